The number of hydrogen-bond donors (Lipinski definition) is 1. The Morgan fingerprint density at radius 3 is 1.47 bits per heavy atom. The molecule has 1 aliphatic rings. The van der Waals surface area contributed by atoms with Crippen molar-refractivity contribution in [2.24, 2.45) is 5.92 Å². The highest BCUT2D eigenvalue weighted by Crippen LogP contribution is 2.53. The average Bonchev–Trinajstić information content (AvgIpc) is 3.08. The van der Waals surface area contributed by atoms with E-state index in [2.05, 4.69) is 137 Å². The second-order valence-electron chi connectivity index (χ2n) is 10.4. The fourth-order valence-corrected chi connectivity index (χ4v) is 9.66. The first kappa shape index (κ1) is 22.5. The standard InChI is InChI=1S/C30H35NSi/c1-22-26(23-16-10-7-11-17-23)27(24-18-12-8-13-19-24)28(25-20-14-9-15-21-25)29(22)32(5,6)31-30(2,3)4/h7-22,31H,1-6H3. The summed E-state index contributed by atoms with van der Waals surface area (Å²) in [4.78, 5) is 4.07. The number of rotatable bonds is 5. The highest BCUT2D eigenvalue weighted by Gasteiger charge is 2.42. The molecule has 3 aromatic carbocycles. The fourth-order valence-electron chi connectivity index (χ4n) is 5.53. The molecule has 0 saturated heterocycles. The van der Waals surface area contributed by atoms with Crippen LogP contribution in [-0.2, 0) is 0 Å². The van der Waals surface area contributed by atoms with Crippen LogP contribution in [0.2, 0.25) is 13.1 Å². The summed E-state index contributed by atoms with van der Waals surface area (Å²) < 4.78 is 0. The molecule has 0 aromatic heterocycles. The highest BCUT2D eigenvalue weighted by atomic mass is 28.3. The maximum Gasteiger partial charge on any atom is 0.149 e. The van der Waals surface area contributed by atoms with Gasteiger partial charge in [0.15, 0.2) is 0 Å². The van der Waals surface area contributed by atoms with Gasteiger partial charge in [0.25, 0.3) is 0 Å². The maximum absolute atomic E-state index is 4.07. The van der Waals surface area contributed by atoms with Crippen molar-refractivity contribution < 1.29 is 0 Å². The van der Waals surface area contributed by atoms with Crippen molar-refractivity contribution in [3.8, 4) is 0 Å². The lowest BCUT2D eigenvalue weighted by Crippen LogP contribution is -2.56. The van der Waals surface area contributed by atoms with Gasteiger partial charge in [0.05, 0.1) is 0 Å². The molecule has 0 saturated carbocycles. The Hall–Kier alpha value is -2.68. The summed E-state index contributed by atoms with van der Waals surface area (Å²) >= 11 is 0. The molecule has 0 spiro atoms. The van der Waals surface area contributed by atoms with Gasteiger partial charge >= 0.3 is 0 Å². The van der Waals surface area contributed by atoms with Gasteiger partial charge in [0, 0.05) is 11.5 Å². The molecule has 3 aromatic rings. The third-order valence-electron chi connectivity index (χ3n) is 6.23. The topological polar surface area (TPSA) is 12.0 Å². The maximum atomic E-state index is 4.07. The summed E-state index contributed by atoms with van der Waals surface area (Å²) in [5, 5.41) is 1.59. The van der Waals surface area contributed by atoms with Crippen LogP contribution in [0.3, 0.4) is 0 Å². The van der Waals surface area contributed by atoms with Crippen molar-refractivity contribution >= 4 is 25.0 Å². The minimum absolute atomic E-state index is 0.0622. The first-order valence-electron chi connectivity index (χ1n) is 11.6. The fraction of sp³-hybridized carbons (Fsp3) is 0.267. The quantitative estimate of drug-likeness (QED) is 0.401. The molecule has 164 valence electrons. The minimum Gasteiger partial charge on any atom is -0.329 e. The molecule has 1 unspecified atom stereocenters. The molecule has 0 amide bonds. The predicted molar refractivity (Wildman–Crippen MR) is 143 cm³/mol. The summed E-state index contributed by atoms with van der Waals surface area (Å²) in [6, 6.07) is 32.9. The second kappa shape index (κ2) is 8.69. The van der Waals surface area contributed by atoms with Crippen LogP contribution in [0.5, 0.6) is 0 Å². The number of nitrogens with one attached hydrogen (secondary N) is 1. The van der Waals surface area contributed by atoms with Gasteiger partial charge in [-0.3, -0.25) is 0 Å². The molecule has 0 fully saturated rings. The van der Waals surface area contributed by atoms with Gasteiger partial charge in [-0.05, 0) is 54.2 Å². The second-order valence-corrected chi connectivity index (χ2v) is 14.4. The van der Waals surface area contributed by atoms with E-state index in [1.54, 1.807) is 5.20 Å². The van der Waals surface area contributed by atoms with E-state index < -0.39 is 8.24 Å². The third kappa shape index (κ3) is 4.43. The molecular formula is C30H35NSi. The van der Waals surface area contributed by atoms with Crippen molar-refractivity contribution in [1.82, 2.24) is 4.98 Å². The summed E-state index contributed by atoms with van der Waals surface area (Å²) in [6.07, 6.45) is 0. The Labute approximate surface area is 195 Å². The Balaban J connectivity index is 2.06. The van der Waals surface area contributed by atoms with Crippen molar-refractivity contribution in [2.75, 3.05) is 0 Å². The zero-order valence-corrected chi connectivity index (χ0v) is 21.2. The molecule has 32 heavy (non-hydrogen) atoms. The average molecular weight is 438 g/mol. The van der Waals surface area contributed by atoms with Crippen LogP contribution in [-0.4, -0.2) is 13.8 Å². The lowest BCUT2D eigenvalue weighted by atomic mass is 9.89. The van der Waals surface area contributed by atoms with E-state index in [9.17, 15) is 0 Å². The van der Waals surface area contributed by atoms with E-state index in [-0.39, 0.29) is 5.54 Å². The van der Waals surface area contributed by atoms with E-state index >= 15 is 0 Å². The van der Waals surface area contributed by atoms with Gasteiger partial charge in [0.2, 0.25) is 0 Å². The van der Waals surface area contributed by atoms with Crippen LogP contribution >= 0.6 is 0 Å². The Morgan fingerprint density at radius 2 is 1.03 bits per heavy atom. The summed E-state index contributed by atoms with van der Waals surface area (Å²) in [7, 11) is -1.98. The molecule has 1 N–H and O–H groups in total. The van der Waals surface area contributed by atoms with Gasteiger partial charge < -0.3 is 4.98 Å². The van der Waals surface area contributed by atoms with Crippen LogP contribution in [0.1, 0.15) is 44.4 Å². The Kier molecular flexibility index (Phi) is 6.11. The number of allylic oxidation sites excluding steroid dienone is 4. The Morgan fingerprint density at radius 1 is 0.625 bits per heavy atom. The van der Waals surface area contributed by atoms with Crippen LogP contribution in [0.25, 0.3) is 16.7 Å². The van der Waals surface area contributed by atoms with E-state index in [1.807, 2.05) is 0 Å². The van der Waals surface area contributed by atoms with E-state index in [0.29, 0.717) is 5.92 Å². The van der Waals surface area contributed by atoms with Gasteiger partial charge in [0.1, 0.15) is 8.24 Å². The first-order valence-corrected chi connectivity index (χ1v) is 14.6. The molecule has 0 radical (unpaired) electrons. The molecular weight excluding hydrogens is 402 g/mol. The molecule has 0 aliphatic heterocycles. The van der Waals surface area contributed by atoms with Gasteiger partial charge in [-0.15, -0.1) is 0 Å². The Bertz CT molecular complexity index is 1130. The molecule has 0 bridgehead atoms. The molecule has 1 atom stereocenters. The lowest BCUT2D eigenvalue weighted by molar-refractivity contribution is 0.513. The van der Waals surface area contributed by atoms with E-state index in [0.717, 1.165) is 0 Å². The van der Waals surface area contributed by atoms with Crippen LogP contribution in [0.15, 0.2) is 96.2 Å². The number of benzene rings is 3. The molecule has 4 rings (SSSR count). The van der Waals surface area contributed by atoms with Gasteiger partial charge in [-0.1, -0.05) is 116 Å². The zero-order chi connectivity index (χ0) is 22.9. The first-order chi connectivity index (χ1) is 15.2. The van der Waals surface area contributed by atoms with Crippen LogP contribution < -0.4 is 4.98 Å². The largest absolute Gasteiger partial charge is 0.329 e. The van der Waals surface area contributed by atoms with Crippen molar-refractivity contribution in [2.45, 2.75) is 46.3 Å². The van der Waals surface area contributed by atoms with E-state index in [1.165, 1.54) is 33.4 Å². The summed E-state index contributed by atoms with van der Waals surface area (Å²) in [5.74, 6) is 0.347. The molecule has 1 nitrogen and oxygen atoms in total. The van der Waals surface area contributed by atoms with Gasteiger partial charge in [-0.25, -0.2) is 0 Å². The van der Waals surface area contributed by atoms with Crippen LogP contribution in [0, 0.1) is 5.92 Å². The normalized spacial score (nSPS) is 17.2. The van der Waals surface area contributed by atoms with Crippen molar-refractivity contribution in [3.63, 3.8) is 0 Å². The van der Waals surface area contributed by atoms with E-state index in [4.69, 9.17) is 0 Å². The molecule has 1 aliphatic carbocycles. The van der Waals surface area contributed by atoms with Crippen LogP contribution in [0.4, 0.5) is 0 Å². The highest BCUT2D eigenvalue weighted by molar-refractivity contribution is 6.84. The molecule has 0 heterocycles. The molecule has 2 heteroatoms. The minimum atomic E-state index is -1.98. The third-order valence-corrected chi connectivity index (χ3v) is 9.63. The zero-order valence-electron chi connectivity index (χ0n) is 20.2. The number of hydrogen-bond acceptors (Lipinski definition) is 1. The SMILES string of the molecule is CC1C(c2ccccc2)=C(c2ccccc2)C(c2ccccc2)=C1[Si](C)(C)NC(C)(C)C. The monoisotopic (exact) mass is 437 g/mol. The van der Waals surface area contributed by atoms with Crippen molar-refractivity contribution in [1.29, 1.82) is 0 Å². The summed E-state index contributed by atoms with van der Waals surface area (Å²) in [6.45, 7) is 14.2. The summed E-state index contributed by atoms with van der Waals surface area (Å²) in [5.41, 5.74) is 8.26. The van der Waals surface area contributed by atoms with Gasteiger partial charge in [-0.2, -0.15) is 0 Å². The lowest BCUT2D eigenvalue weighted by Gasteiger charge is -2.37. The predicted octanol–water partition coefficient (Wildman–Crippen LogP) is 7.83. The smallest absolute Gasteiger partial charge is 0.149 e. The van der Waals surface area contributed by atoms with Crippen molar-refractivity contribution in [3.05, 3.63) is 113 Å².